The average molecular weight is 282 g/mol. The molecule has 0 spiro atoms. The number of carbonyl (C=O) groups is 2. The summed E-state index contributed by atoms with van der Waals surface area (Å²) in [7, 11) is 0. The maximum absolute atomic E-state index is 11.3. The first-order valence-corrected chi connectivity index (χ1v) is 7.09. The Kier molecular flexibility index (Phi) is 4.49. The highest BCUT2D eigenvalue weighted by Crippen LogP contribution is 2.22. The summed E-state index contributed by atoms with van der Waals surface area (Å²) >= 11 is 1.52. The maximum atomic E-state index is 11.3. The van der Waals surface area contributed by atoms with Crippen LogP contribution in [0.5, 0.6) is 0 Å². The molecule has 1 aromatic rings. The van der Waals surface area contributed by atoms with Crippen LogP contribution in [0, 0.1) is 5.92 Å². The zero-order valence-corrected chi connectivity index (χ0v) is 11.9. The van der Waals surface area contributed by atoms with Crippen LogP contribution >= 0.6 is 11.3 Å². The van der Waals surface area contributed by atoms with E-state index in [-0.39, 0.29) is 24.9 Å². The van der Waals surface area contributed by atoms with E-state index in [1.165, 1.54) is 11.3 Å². The lowest BCUT2D eigenvalue weighted by atomic mass is 10.2. The van der Waals surface area contributed by atoms with Crippen LogP contribution in [0.15, 0.2) is 6.20 Å². The van der Waals surface area contributed by atoms with E-state index in [2.05, 4.69) is 29.5 Å². The van der Waals surface area contributed by atoms with Crippen molar-refractivity contribution in [2.45, 2.75) is 20.4 Å². The molecule has 7 heteroatoms. The second kappa shape index (κ2) is 6.12. The Hall–Kier alpha value is -1.47. The highest BCUT2D eigenvalue weighted by Gasteiger charge is 2.24. The van der Waals surface area contributed by atoms with Gasteiger partial charge in [-0.1, -0.05) is 13.8 Å². The van der Waals surface area contributed by atoms with E-state index in [9.17, 15) is 9.59 Å². The average Bonchev–Trinajstić information content (AvgIpc) is 2.76. The first kappa shape index (κ1) is 14.0. The number of nitrogens with zero attached hydrogens (tertiary/aromatic N) is 2. The molecule has 2 amide bonds. The van der Waals surface area contributed by atoms with Gasteiger partial charge in [0.1, 0.15) is 13.1 Å². The number of nitrogens with one attached hydrogen (secondary N) is 2. The Labute approximate surface area is 116 Å². The topological polar surface area (TPSA) is 74.3 Å². The molecule has 1 fully saturated rings. The van der Waals surface area contributed by atoms with Gasteiger partial charge in [0.25, 0.3) is 0 Å². The van der Waals surface area contributed by atoms with Gasteiger partial charge in [0, 0.05) is 17.6 Å². The van der Waals surface area contributed by atoms with Crippen molar-refractivity contribution < 1.29 is 9.59 Å². The maximum Gasteiger partial charge on any atom is 0.246 e. The number of thiazole rings is 1. The van der Waals surface area contributed by atoms with Gasteiger partial charge in [-0.3, -0.25) is 14.9 Å². The smallest absolute Gasteiger partial charge is 0.246 e. The van der Waals surface area contributed by atoms with Gasteiger partial charge in [-0.25, -0.2) is 4.98 Å². The van der Waals surface area contributed by atoms with Crippen molar-refractivity contribution in [2.75, 3.05) is 24.5 Å². The molecule has 0 aromatic carbocycles. The number of aromatic nitrogens is 1. The molecular weight excluding hydrogens is 264 g/mol. The lowest BCUT2D eigenvalue weighted by Crippen LogP contribution is -2.51. The molecule has 2 N–H and O–H groups in total. The van der Waals surface area contributed by atoms with Crippen molar-refractivity contribution >= 4 is 28.3 Å². The molecule has 1 saturated heterocycles. The fraction of sp³-hybridized carbons (Fsp3) is 0.583. The number of anilines is 1. The van der Waals surface area contributed by atoms with E-state index in [0.717, 1.165) is 23.1 Å². The summed E-state index contributed by atoms with van der Waals surface area (Å²) in [6.07, 6.45) is 1.80. The predicted molar refractivity (Wildman–Crippen MR) is 74.0 cm³/mol. The Balaban J connectivity index is 1.92. The van der Waals surface area contributed by atoms with Gasteiger partial charge in [0.05, 0.1) is 0 Å². The number of rotatable bonds is 5. The Morgan fingerprint density at radius 3 is 2.74 bits per heavy atom. The number of imide groups is 1. The summed E-state index contributed by atoms with van der Waals surface area (Å²) in [5.41, 5.74) is 0. The van der Waals surface area contributed by atoms with Crippen molar-refractivity contribution in [3.05, 3.63) is 11.1 Å². The number of hydrogen-bond acceptors (Lipinski definition) is 6. The zero-order valence-electron chi connectivity index (χ0n) is 11.1. The molecule has 0 radical (unpaired) electrons. The van der Waals surface area contributed by atoms with E-state index in [4.69, 9.17) is 0 Å². The third-order valence-corrected chi connectivity index (χ3v) is 3.67. The Morgan fingerprint density at radius 1 is 1.42 bits per heavy atom. The fourth-order valence-corrected chi connectivity index (χ4v) is 2.66. The zero-order chi connectivity index (χ0) is 13.8. The molecule has 0 unspecified atom stereocenters. The van der Waals surface area contributed by atoms with Gasteiger partial charge in [-0.2, -0.15) is 0 Å². The van der Waals surface area contributed by atoms with Gasteiger partial charge < -0.3 is 10.2 Å². The molecule has 0 bridgehead atoms. The van der Waals surface area contributed by atoms with Gasteiger partial charge in [0.2, 0.25) is 11.8 Å². The summed E-state index contributed by atoms with van der Waals surface area (Å²) in [6, 6.07) is 0. The van der Waals surface area contributed by atoms with Crippen LogP contribution in [0.4, 0.5) is 5.13 Å². The highest BCUT2D eigenvalue weighted by molar-refractivity contribution is 7.15. The van der Waals surface area contributed by atoms with Gasteiger partial charge in [0.15, 0.2) is 5.13 Å². The normalized spacial score (nSPS) is 16.1. The van der Waals surface area contributed by atoms with Crippen molar-refractivity contribution in [1.29, 1.82) is 0 Å². The molecular formula is C12H18N4O2S. The molecule has 0 atom stereocenters. The third kappa shape index (κ3) is 4.00. The standard InChI is InChI=1S/C12H18N4O2S/c1-8(2)3-13-4-9-5-14-12(19-9)16-6-10(17)15-11(18)7-16/h5,8,13H,3-4,6-7H2,1-2H3,(H,15,17,18). The second-order valence-corrected chi connectivity index (χ2v) is 6.05. The first-order chi connectivity index (χ1) is 9.04. The van der Waals surface area contributed by atoms with Crippen molar-refractivity contribution in [1.82, 2.24) is 15.6 Å². The van der Waals surface area contributed by atoms with Crippen LogP contribution in [0.1, 0.15) is 18.7 Å². The molecule has 19 heavy (non-hydrogen) atoms. The minimum absolute atomic E-state index is 0.193. The van der Waals surface area contributed by atoms with E-state index >= 15 is 0 Å². The van der Waals surface area contributed by atoms with E-state index in [1.54, 1.807) is 11.1 Å². The highest BCUT2D eigenvalue weighted by atomic mass is 32.1. The lowest BCUT2D eigenvalue weighted by Gasteiger charge is -2.24. The monoisotopic (exact) mass is 282 g/mol. The van der Waals surface area contributed by atoms with E-state index < -0.39 is 0 Å². The van der Waals surface area contributed by atoms with Gasteiger partial charge >= 0.3 is 0 Å². The van der Waals surface area contributed by atoms with E-state index in [0.29, 0.717) is 5.92 Å². The Bertz CT molecular complexity index is 456. The van der Waals surface area contributed by atoms with Crippen LogP contribution in [0.3, 0.4) is 0 Å². The molecule has 6 nitrogen and oxygen atoms in total. The molecule has 1 aliphatic heterocycles. The molecule has 0 saturated carbocycles. The predicted octanol–water partition coefficient (Wildman–Crippen LogP) is 0.351. The van der Waals surface area contributed by atoms with Crippen LogP contribution in [0.25, 0.3) is 0 Å². The molecule has 104 valence electrons. The van der Waals surface area contributed by atoms with Crippen molar-refractivity contribution in [3.63, 3.8) is 0 Å². The SMILES string of the molecule is CC(C)CNCc1cnc(N2CC(=O)NC(=O)C2)s1. The summed E-state index contributed by atoms with van der Waals surface area (Å²) < 4.78 is 0. The fourth-order valence-electron chi connectivity index (χ4n) is 1.78. The molecule has 2 rings (SSSR count). The second-order valence-electron chi connectivity index (χ2n) is 4.96. The first-order valence-electron chi connectivity index (χ1n) is 6.27. The summed E-state index contributed by atoms with van der Waals surface area (Å²) in [4.78, 5) is 29.7. The van der Waals surface area contributed by atoms with Gasteiger partial charge in [-0.05, 0) is 12.5 Å². The molecule has 2 heterocycles. The number of hydrogen-bond donors (Lipinski definition) is 2. The minimum atomic E-state index is -0.272. The van der Waals surface area contributed by atoms with E-state index in [1.807, 2.05) is 0 Å². The number of piperazine rings is 1. The van der Waals surface area contributed by atoms with Crippen LogP contribution < -0.4 is 15.5 Å². The number of carbonyl (C=O) groups excluding carboxylic acids is 2. The third-order valence-electron chi connectivity index (χ3n) is 2.61. The molecule has 0 aliphatic carbocycles. The molecule has 1 aromatic heterocycles. The van der Waals surface area contributed by atoms with Crippen molar-refractivity contribution in [3.8, 4) is 0 Å². The lowest BCUT2D eigenvalue weighted by molar-refractivity contribution is -0.130. The van der Waals surface area contributed by atoms with Crippen LogP contribution in [-0.2, 0) is 16.1 Å². The summed E-state index contributed by atoms with van der Waals surface area (Å²) in [5.74, 6) is 0.0627. The quantitative estimate of drug-likeness (QED) is 0.762. The molecule has 1 aliphatic rings. The summed E-state index contributed by atoms with van der Waals surface area (Å²) in [5, 5.41) is 6.34. The number of amides is 2. The summed E-state index contributed by atoms with van der Waals surface area (Å²) in [6.45, 7) is 6.42. The minimum Gasteiger partial charge on any atom is -0.329 e. The van der Waals surface area contributed by atoms with Crippen molar-refractivity contribution in [2.24, 2.45) is 5.92 Å². The van der Waals surface area contributed by atoms with Crippen LogP contribution in [-0.4, -0.2) is 36.4 Å². The largest absolute Gasteiger partial charge is 0.329 e. The van der Waals surface area contributed by atoms with Gasteiger partial charge in [-0.15, -0.1) is 11.3 Å². The Morgan fingerprint density at radius 2 is 2.11 bits per heavy atom. The van der Waals surface area contributed by atoms with Crippen LogP contribution in [0.2, 0.25) is 0 Å².